The molecule has 0 aliphatic carbocycles. The van der Waals surface area contributed by atoms with Crippen LogP contribution in [0, 0.1) is 0 Å². The number of hydrogen-bond acceptors (Lipinski definition) is 2. The molecule has 0 saturated carbocycles. The van der Waals surface area contributed by atoms with E-state index in [1.54, 1.807) is 6.07 Å². The van der Waals surface area contributed by atoms with Crippen LogP contribution in [0.3, 0.4) is 0 Å². The highest BCUT2D eigenvalue weighted by Gasteiger charge is 2.20. The lowest BCUT2D eigenvalue weighted by atomic mass is 9.93. The molecule has 2 rings (SSSR count). The summed E-state index contributed by atoms with van der Waals surface area (Å²) in [6, 6.07) is 9.99. The van der Waals surface area contributed by atoms with Crippen molar-refractivity contribution in [3.63, 3.8) is 0 Å². The maximum Gasteiger partial charge on any atom is 0.294 e. The summed E-state index contributed by atoms with van der Waals surface area (Å²) in [5.74, 6) is 0. The summed E-state index contributed by atoms with van der Waals surface area (Å²) in [4.78, 5) is 0.136. The van der Waals surface area contributed by atoms with Crippen molar-refractivity contribution in [3.8, 4) is 0 Å². The molecule has 0 aliphatic rings. The summed E-state index contributed by atoms with van der Waals surface area (Å²) in [5, 5.41) is 2.16. The molecule has 0 spiro atoms. The zero-order valence-electron chi connectivity index (χ0n) is 26.0. The van der Waals surface area contributed by atoms with Gasteiger partial charge in [0, 0.05) is 0 Å². The van der Waals surface area contributed by atoms with Gasteiger partial charge >= 0.3 is 0 Å². The van der Waals surface area contributed by atoms with E-state index < -0.39 is 10.1 Å². The Bertz CT molecular complexity index is 1030. The number of unbranched alkanes of at least 4 members (excludes halogenated alkanes) is 20. The van der Waals surface area contributed by atoms with E-state index >= 15 is 0 Å². The lowest BCUT2D eigenvalue weighted by Crippen LogP contribution is -2.06. The number of hydrogen-bond donors (Lipinski definition) is 1. The molecule has 2 aromatic rings. The van der Waals surface area contributed by atoms with Crippen LogP contribution in [0.25, 0.3) is 10.8 Å². The first-order valence-electron chi connectivity index (χ1n) is 17.0. The SMILES string of the molecule is CCCCCCCCCCCCCc1cc(S(=O)(=O)O)c(CCCCCCCCCCCCC)c2ccccc12. The molecular formula is C36H60O3S. The Kier molecular flexibility index (Phi) is 18.6. The highest BCUT2D eigenvalue weighted by atomic mass is 32.2. The van der Waals surface area contributed by atoms with E-state index in [0.717, 1.165) is 47.6 Å². The maximum absolute atomic E-state index is 12.5. The van der Waals surface area contributed by atoms with Gasteiger partial charge in [-0.2, -0.15) is 8.42 Å². The van der Waals surface area contributed by atoms with Crippen LogP contribution in [-0.4, -0.2) is 13.0 Å². The fourth-order valence-corrected chi connectivity index (χ4v) is 6.94. The highest BCUT2D eigenvalue weighted by Crippen LogP contribution is 2.32. The number of rotatable bonds is 25. The average molecular weight is 573 g/mol. The molecule has 0 fully saturated rings. The van der Waals surface area contributed by atoms with E-state index in [0.29, 0.717) is 6.42 Å². The zero-order chi connectivity index (χ0) is 28.9. The summed E-state index contributed by atoms with van der Waals surface area (Å²) in [7, 11) is -4.27. The molecule has 0 bridgehead atoms. The Morgan fingerprint density at radius 3 is 1.32 bits per heavy atom. The van der Waals surface area contributed by atoms with Crippen LogP contribution in [0.4, 0.5) is 0 Å². The molecule has 1 N–H and O–H groups in total. The van der Waals surface area contributed by atoms with E-state index in [1.165, 1.54) is 122 Å². The fraction of sp³-hybridized carbons (Fsp3) is 0.722. The highest BCUT2D eigenvalue weighted by molar-refractivity contribution is 7.85. The summed E-state index contributed by atoms with van der Waals surface area (Å²) >= 11 is 0. The van der Waals surface area contributed by atoms with Crippen molar-refractivity contribution in [2.24, 2.45) is 0 Å². The second-order valence-electron chi connectivity index (χ2n) is 12.1. The van der Waals surface area contributed by atoms with Gasteiger partial charge in [-0.05, 0) is 53.6 Å². The van der Waals surface area contributed by atoms with Crippen LogP contribution in [0.15, 0.2) is 35.2 Å². The van der Waals surface area contributed by atoms with Gasteiger partial charge in [-0.15, -0.1) is 0 Å². The quantitative estimate of drug-likeness (QED) is 0.0950. The summed E-state index contributed by atoms with van der Waals surface area (Å²) in [6.07, 6.45) is 29.8. The number of aryl methyl sites for hydroxylation is 2. The van der Waals surface area contributed by atoms with E-state index in [1.807, 2.05) is 18.2 Å². The minimum absolute atomic E-state index is 0.136. The molecule has 0 aromatic heterocycles. The Balaban J connectivity index is 1.84. The second kappa shape index (κ2) is 21.3. The third-order valence-corrected chi connectivity index (χ3v) is 9.48. The van der Waals surface area contributed by atoms with Gasteiger partial charge < -0.3 is 0 Å². The van der Waals surface area contributed by atoms with Crippen molar-refractivity contribution in [1.82, 2.24) is 0 Å². The minimum atomic E-state index is -4.27. The standard InChI is InChI=1S/C36H60O3S/c1-3-5-7-9-11-13-15-17-19-21-23-27-32-31-36(40(37,38)39)35(34-29-26-25-28-33(32)34)30-24-22-20-18-16-14-12-10-8-6-4-2/h25-26,28-29,31H,3-24,27,30H2,1-2H3,(H,37,38,39). The molecule has 0 unspecified atom stereocenters. The van der Waals surface area contributed by atoms with Crippen LogP contribution in [0.2, 0.25) is 0 Å². The summed E-state index contributed by atoms with van der Waals surface area (Å²) in [5.41, 5.74) is 1.86. The summed E-state index contributed by atoms with van der Waals surface area (Å²) in [6.45, 7) is 4.52. The van der Waals surface area contributed by atoms with Gasteiger partial charge in [0.25, 0.3) is 10.1 Å². The second-order valence-corrected chi connectivity index (χ2v) is 13.5. The molecule has 0 saturated heterocycles. The molecule has 4 heteroatoms. The topological polar surface area (TPSA) is 54.4 Å². The van der Waals surface area contributed by atoms with E-state index in [-0.39, 0.29) is 4.90 Å². The zero-order valence-corrected chi connectivity index (χ0v) is 26.8. The predicted octanol–water partition coefficient (Wildman–Crippen LogP) is 11.8. The van der Waals surface area contributed by atoms with Crippen LogP contribution in [0.1, 0.15) is 166 Å². The third kappa shape index (κ3) is 14.0. The smallest absolute Gasteiger partial charge is 0.282 e. The first-order chi connectivity index (χ1) is 19.5. The first kappa shape index (κ1) is 34.8. The largest absolute Gasteiger partial charge is 0.294 e. The average Bonchev–Trinajstić information content (AvgIpc) is 2.94. The van der Waals surface area contributed by atoms with Crippen LogP contribution in [-0.2, 0) is 23.0 Å². The molecule has 0 heterocycles. The molecule has 40 heavy (non-hydrogen) atoms. The van der Waals surface area contributed by atoms with Gasteiger partial charge in [0.1, 0.15) is 0 Å². The lowest BCUT2D eigenvalue weighted by Gasteiger charge is -2.16. The monoisotopic (exact) mass is 572 g/mol. The molecule has 0 amide bonds. The van der Waals surface area contributed by atoms with Gasteiger partial charge in [-0.1, -0.05) is 167 Å². The number of benzene rings is 2. The summed E-state index contributed by atoms with van der Waals surface area (Å²) < 4.78 is 35.1. The van der Waals surface area contributed by atoms with Crippen molar-refractivity contribution in [2.45, 2.75) is 173 Å². The molecule has 0 radical (unpaired) electrons. The van der Waals surface area contributed by atoms with Crippen LogP contribution >= 0.6 is 0 Å². The van der Waals surface area contributed by atoms with Crippen molar-refractivity contribution < 1.29 is 13.0 Å². The fourth-order valence-electron chi connectivity index (χ4n) is 6.12. The molecule has 3 nitrogen and oxygen atoms in total. The van der Waals surface area contributed by atoms with Gasteiger partial charge in [-0.3, -0.25) is 4.55 Å². The third-order valence-electron chi connectivity index (χ3n) is 8.56. The Labute approximate surface area is 247 Å². The Hall–Kier alpha value is -1.39. The van der Waals surface area contributed by atoms with Crippen molar-refractivity contribution in [2.75, 3.05) is 0 Å². The van der Waals surface area contributed by atoms with E-state index in [9.17, 15) is 13.0 Å². The van der Waals surface area contributed by atoms with Gasteiger partial charge in [0.05, 0.1) is 4.90 Å². The maximum atomic E-state index is 12.5. The minimum Gasteiger partial charge on any atom is -0.282 e. The van der Waals surface area contributed by atoms with Gasteiger partial charge in [0.15, 0.2) is 0 Å². The predicted molar refractivity (Wildman–Crippen MR) is 174 cm³/mol. The molecule has 0 atom stereocenters. The van der Waals surface area contributed by atoms with Crippen molar-refractivity contribution in [1.29, 1.82) is 0 Å². The normalized spacial score (nSPS) is 12.0. The first-order valence-corrected chi connectivity index (χ1v) is 18.4. The van der Waals surface area contributed by atoms with Gasteiger partial charge in [-0.25, -0.2) is 0 Å². The molecule has 2 aromatic carbocycles. The van der Waals surface area contributed by atoms with Gasteiger partial charge in [0.2, 0.25) is 0 Å². The Morgan fingerprint density at radius 1 is 0.525 bits per heavy atom. The van der Waals surface area contributed by atoms with Crippen LogP contribution in [0.5, 0.6) is 0 Å². The Morgan fingerprint density at radius 2 is 0.900 bits per heavy atom. The van der Waals surface area contributed by atoms with Crippen LogP contribution < -0.4 is 0 Å². The molecular weight excluding hydrogens is 512 g/mol. The van der Waals surface area contributed by atoms with E-state index in [2.05, 4.69) is 19.9 Å². The molecule has 0 aliphatic heterocycles. The number of fused-ring (bicyclic) bond motifs is 1. The van der Waals surface area contributed by atoms with Crippen molar-refractivity contribution in [3.05, 3.63) is 41.5 Å². The van der Waals surface area contributed by atoms with E-state index in [4.69, 9.17) is 0 Å². The lowest BCUT2D eigenvalue weighted by molar-refractivity contribution is 0.481. The molecule has 228 valence electrons. The van der Waals surface area contributed by atoms with Crippen molar-refractivity contribution >= 4 is 20.9 Å².